The van der Waals surface area contributed by atoms with Gasteiger partial charge in [0.1, 0.15) is 22.6 Å². The lowest BCUT2D eigenvalue weighted by atomic mass is 9.98. The summed E-state index contributed by atoms with van der Waals surface area (Å²) in [4.78, 5) is 29.9. The molecule has 4 N–H and O–H groups in total. The Labute approximate surface area is 229 Å². The number of thioether (sulfide) groups is 1. The fraction of sp³-hybridized carbons (Fsp3) is 0.522. The molecule has 0 saturated heterocycles. The number of aliphatic hydroxyl groups excluding tert-OH is 1. The van der Waals surface area contributed by atoms with Crippen molar-refractivity contribution in [3.8, 4) is 0 Å². The van der Waals surface area contributed by atoms with E-state index in [1.54, 1.807) is 0 Å². The molecule has 0 aliphatic heterocycles. The minimum Gasteiger partial charge on any atom is -0.389 e. The molecule has 2 amide bonds. The zero-order valence-corrected chi connectivity index (χ0v) is 23.8. The van der Waals surface area contributed by atoms with E-state index < -0.39 is 50.9 Å². The molecule has 0 bridgehead atoms. The molecule has 1 aromatic carbocycles. The van der Waals surface area contributed by atoms with Crippen LogP contribution in [0.4, 0.5) is 13.9 Å². The van der Waals surface area contributed by atoms with Gasteiger partial charge in [0, 0.05) is 30.9 Å². The number of thiazole rings is 1. The molecule has 3 unspecified atom stereocenters. The fourth-order valence-corrected chi connectivity index (χ4v) is 5.95. The number of anilines is 1. The van der Waals surface area contributed by atoms with Gasteiger partial charge in [-0.1, -0.05) is 13.8 Å². The van der Waals surface area contributed by atoms with Gasteiger partial charge < -0.3 is 20.5 Å². The number of carbonyl (C=O) groups excluding carboxylic acids is 2. The Morgan fingerprint density at radius 2 is 1.87 bits per heavy atom. The molecule has 38 heavy (non-hydrogen) atoms. The number of rotatable bonds is 15. The normalized spacial score (nSPS) is 14.1. The van der Waals surface area contributed by atoms with Crippen molar-refractivity contribution in [1.29, 1.82) is 0 Å². The summed E-state index contributed by atoms with van der Waals surface area (Å²) in [5.41, 5.74) is 0.00408. The summed E-state index contributed by atoms with van der Waals surface area (Å²) in [6.07, 6.45) is -0.755. The Kier molecular flexibility index (Phi) is 12.4. The number of hydrogen-bond acceptors (Lipinski definition) is 9. The first kappa shape index (κ1) is 31.9. The molecule has 10 nitrogen and oxygen atoms in total. The average Bonchev–Trinajstić information content (AvgIpc) is 3.25. The zero-order valence-electron chi connectivity index (χ0n) is 21.4. The third kappa shape index (κ3) is 10.8. The van der Waals surface area contributed by atoms with Gasteiger partial charge in [0.05, 0.1) is 25.0 Å². The molecule has 0 saturated carbocycles. The number of hydrogen-bond donors (Lipinski definition) is 4. The summed E-state index contributed by atoms with van der Waals surface area (Å²) in [5, 5.41) is 16.9. The average molecular weight is 595 g/mol. The highest BCUT2D eigenvalue weighted by Gasteiger charge is 2.35. The van der Waals surface area contributed by atoms with Gasteiger partial charge in [-0.2, -0.15) is 0 Å². The van der Waals surface area contributed by atoms with E-state index in [9.17, 15) is 31.9 Å². The molecule has 3 atom stereocenters. The van der Waals surface area contributed by atoms with Crippen molar-refractivity contribution in [3.63, 3.8) is 0 Å². The van der Waals surface area contributed by atoms with Gasteiger partial charge in [-0.05, 0) is 30.0 Å². The number of benzene rings is 1. The van der Waals surface area contributed by atoms with E-state index in [4.69, 9.17) is 4.74 Å². The standard InChI is InChI=1S/C23H32F2N4O6S3/c1-13(2)11-26-22(32)20(36-6-5-35-3)19(30)17(9-14-7-15(24)10-16(25)8-14)27-21(31)18-12-37-23(28-18)29-38(4,33)34/h7-8,10,12-13,17,19-20,30H,5-6,9,11H2,1-4H3,(H,26,32)(H,27,31)(H,28,29). The maximum Gasteiger partial charge on any atom is 0.271 e. The van der Waals surface area contributed by atoms with Gasteiger partial charge >= 0.3 is 0 Å². The number of halogens is 2. The van der Waals surface area contributed by atoms with Crippen LogP contribution in [0.1, 0.15) is 29.9 Å². The Morgan fingerprint density at radius 1 is 1.21 bits per heavy atom. The molecule has 0 fully saturated rings. The molecular weight excluding hydrogens is 562 g/mol. The first-order valence-electron chi connectivity index (χ1n) is 11.5. The molecule has 1 aromatic heterocycles. The van der Waals surface area contributed by atoms with Gasteiger partial charge in [0.25, 0.3) is 5.91 Å². The maximum absolute atomic E-state index is 13.9. The predicted octanol–water partition coefficient (Wildman–Crippen LogP) is 2.02. The van der Waals surface area contributed by atoms with Crippen molar-refractivity contribution >= 4 is 50.1 Å². The van der Waals surface area contributed by atoms with Gasteiger partial charge in [0.15, 0.2) is 5.13 Å². The number of methoxy groups -OCH3 is 1. The first-order valence-corrected chi connectivity index (χ1v) is 15.4. The van der Waals surface area contributed by atoms with E-state index in [1.165, 1.54) is 12.5 Å². The van der Waals surface area contributed by atoms with Gasteiger partial charge in [-0.15, -0.1) is 23.1 Å². The molecular formula is C23H32F2N4O6S3. The summed E-state index contributed by atoms with van der Waals surface area (Å²) in [6, 6.07) is 1.67. The number of amides is 2. The smallest absolute Gasteiger partial charge is 0.271 e. The van der Waals surface area contributed by atoms with E-state index in [0.29, 0.717) is 25.0 Å². The van der Waals surface area contributed by atoms with Crippen LogP contribution in [-0.4, -0.2) is 80.0 Å². The van der Waals surface area contributed by atoms with Crippen molar-refractivity contribution in [3.05, 3.63) is 46.5 Å². The number of nitrogens with zero attached hydrogens (tertiary/aromatic N) is 1. The van der Waals surface area contributed by atoms with Crippen molar-refractivity contribution < 1.29 is 36.6 Å². The van der Waals surface area contributed by atoms with E-state index in [0.717, 1.165) is 41.5 Å². The Balaban J connectivity index is 2.35. The summed E-state index contributed by atoms with van der Waals surface area (Å²) in [6.45, 7) is 4.47. The lowest BCUT2D eigenvalue weighted by molar-refractivity contribution is -0.122. The highest BCUT2D eigenvalue weighted by molar-refractivity contribution is 8.00. The number of nitrogens with one attached hydrogen (secondary N) is 3. The van der Waals surface area contributed by atoms with Crippen molar-refractivity contribution in [2.75, 3.05) is 37.0 Å². The first-order chi connectivity index (χ1) is 17.8. The van der Waals surface area contributed by atoms with E-state index in [1.807, 2.05) is 13.8 Å². The summed E-state index contributed by atoms with van der Waals surface area (Å²) >= 11 is 1.99. The third-order valence-corrected chi connectivity index (χ3v) is 7.66. The van der Waals surface area contributed by atoms with Gasteiger partial charge in [-0.3, -0.25) is 14.3 Å². The van der Waals surface area contributed by atoms with Crippen LogP contribution in [0, 0.1) is 17.6 Å². The maximum atomic E-state index is 13.9. The van der Waals surface area contributed by atoms with Gasteiger partial charge in [-0.25, -0.2) is 22.2 Å². The lowest BCUT2D eigenvalue weighted by Gasteiger charge is -2.30. The fourth-order valence-electron chi connectivity index (χ4n) is 3.27. The van der Waals surface area contributed by atoms with E-state index >= 15 is 0 Å². The van der Waals surface area contributed by atoms with Crippen LogP contribution in [0.2, 0.25) is 0 Å². The number of ether oxygens (including phenoxy) is 1. The highest BCUT2D eigenvalue weighted by atomic mass is 32.2. The molecule has 212 valence electrons. The molecule has 0 aliphatic rings. The minimum absolute atomic E-state index is 0.0389. The zero-order chi connectivity index (χ0) is 28.5. The predicted molar refractivity (Wildman–Crippen MR) is 144 cm³/mol. The van der Waals surface area contributed by atoms with Crippen LogP contribution in [0.5, 0.6) is 0 Å². The number of sulfonamides is 1. The highest BCUT2D eigenvalue weighted by Crippen LogP contribution is 2.22. The molecule has 1 heterocycles. The number of aliphatic hydroxyl groups is 1. The van der Waals surface area contributed by atoms with E-state index in [-0.39, 0.29) is 28.7 Å². The third-order valence-electron chi connectivity index (χ3n) is 4.95. The Hall–Kier alpha value is -2.33. The number of carbonyl (C=O) groups is 2. The van der Waals surface area contributed by atoms with E-state index in [2.05, 4.69) is 20.3 Å². The Bertz CT molecular complexity index is 1180. The summed E-state index contributed by atoms with van der Waals surface area (Å²) < 4.78 is 57.9. The summed E-state index contributed by atoms with van der Waals surface area (Å²) in [7, 11) is -2.13. The SMILES string of the molecule is COCCSC(C(=O)NCC(C)C)C(O)C(Cc1cc(F)cc(F)c1)NC(=O)c1csc(NS(C)(=O)=O)n1. The lowest BCUT2D eigenvalue weighted by Crippen LogP contribution is -2.53. The Morgan fingerprint density at radius 3 is 2.45 bits per heavy atom. The number of aromatic nitrogens is 1. The van der Waals surface area contributed by atoms with Crippen LogP contribution in [0.15, 0.2) is 23.6 Å². The van der Waals surface area contributed by atoms with Crippen LogP contribution in [0.3, 0.4) is 0 Å². The second-order valence-electron chi connectivity index (χ2n) is 8.89. The molecule has 2 rings (SSSR count). The molecule has 0 spiro atoms. The second kappa shape index (κ2) is 14.7. The molecule has 0 aliphatic carbocycles. The van der Waals surface area contributed by atoms with Crippen LogP contribution in [-0.2, 0) is 26.0 Å². The quantitative estimate of drug-likeness (QED) is 0.229. The summed E-state index contributed by atoms with van der Waals surface area (Å²) in [5.74, 6) is -2.41. The largest absolute Gasteiger partial charge is 0.389 e. The molecule has 2 aromatic rings. The van der Waals surface area contributed by atoms with Crippen molar-refractivity contribution in [2.45, 2.75) is 37.7 Å². The van der Waals surface area contributed by atoms with Crippen molar-refractivity contribution in [1.82, 2.24) is 15.6 Å². The van der Waals surface area contributed by atoms with Crippen LogP contribution in [0.25, 0.3) is 0 Å². The van der Waals surface area contributed by atoms with Crippen LogP contribution < -0.4 is 15.4 Å². The van der Waals surface area contributed by atoms with Crippen LogP contribution >= 0.6 is 23.1 Å². The monoisotopic (exact) mass is 594 g/mol. The topological polar surface area (TPSA) is 147 Å². The second-order valence-corrected chi connectivity index (χ2v) is 12.7. The van der Waals surface area contributed by atoms with Gasteiger partial charge in [0.2, 0.25) is 15.9 Å². The van der Waals surface area contributed by atoms with Crippen molar-refractivity contribution in [2.24, 2.45) is 5.92 Å². The molecule has 0 radical (unpaired) electrons. The molecule has 15 heteroatoms. The minimum atomic E-state index is -3.62.